The van der Waals surface area contributed by atoms with Gasteiger partial charge in [0, 0.05) is 19.8 Å². The lowest BCUT2D eigenvalue weighted by Crippen LogP contribution is -2.26. The molecule has 0 saturated carbocycles. The molecule has 1 heterocycles. The molecule has 1 aromatic heterocycles. The van der Waals surface area contributed by atoms with E-state index in [0.29, 0.717) is 18.0 Å². The summed E-state index contributed by atoms with van der Waals surface area (Å²) >= 11 is 0. The molecular weight excluding hydrogens is 166 g/mol. The molecule has 1 rings (SSSR count). The highest BCUT2D eigenvalue weighted by atomic mass is 16.1. The molecule has 72 valence electrons. The number of carbonyl (C=O) groups is 1. The van der Waals surface area contributed by atoms with Crippen LogP contribution in [0.3, 0.4) is 0 Å². The summed E-state index contributed by atoms with van der Waals surface area (Å²) in [6.07, 6.45) is 3.27. The first-order chi connectivity index (χ1) is 6.09. The van der Waals surface area contributed by atoms with Crippen LogP contribution in [0.25, 0.3) is 0 Å². The summed E-state index contributed by atoms with van der Waals surface area (Å²) in [6.45, 7) is 4.82. The van der Waals surface area contributed by atoms with Gasteiger partial charge in [0.15, 0.2) is 0 Å². The van der Waals surface area contributed by atoms with E-state index in [-0.39, 0.29) is 5.91 Å². The Balaban J connectivity index is 2.49. The van der Waals surface area contributed by atoms with Crippen LogP contribution >= 0.6 is 0 Å². The zero-order chi connectivity index (χ0) is 9.84. The summed E-state index contributed by atoms with van der Waals surface area (Å²) in [7, 11) is 1.79. The summed E-state index contributed by atoms with van der Waals surface area (Å²) in [6, 6.07) is 0. The molecule has 0 aromatic carbocycles. The minimum atomic E-state index is -0.0539. The molecule has 13 heavy (non-hydrogen) atoms. The highest BCUT2D eigenvalue weighted by molar-refractivity contribution is 5.93. The SMILES string of the molecule is CC(C)CNC(=O)c1cnn(C)c1. The number of hydrogen-bond donors (Lipinski definition) is 1. The fraction of sp³-hybridized carbons (Fsp3) is 0.556. The Kier molecular flexibility index (Phi) is 3.06. The van der Waals surface area contributed by atoms with Gasteiger partial charge in [-0.2, -0.15) is 5.10 Å². The number of nitrogens with zero attached hydrogens (tertiary/aromatic N) is 2. The van der Waals surface area contributed by atoms with Crippen LogP contribution in [0.4, 0.5) is 0 Å². The number of aryl methyl sites for hydroxylation is 1. The number of carbonyl (C=O) groups excluding carboxylic acids is 1. The van der Waals surface area contributed by atoms with E-state index in [1.54, 1.807) is 24.1 Å². The Morgan fingerprint density at radius 1 is 1.69 bits per heavy atom. The van der Waals surface area contributed by atoms with Crippen LogP contribution in [0, 0.1) is 5.92 Å². The van der Waals surface area contributed by atoms with Gasteiger partial charge in [0.05, 0.1) is 11.8 Å². The second-order valence-electron chi connectivity index (χ2n) is 3.51. The van der Waals surface area contributed by atoms with Crippen LogP contribution in [0.5, 0.6) is 0 Å². The lowest BCUT2D eigenvalue weighted by Gasteiger charge is -2.05. The lowest BCUT2D eigenvalue weighted by atomic mass is 10.2. The van der Waals surface area contributed by atoms with E-state index >= 15 is 0 Å². The van der Waals surface area contributed by atoms with Crippen molar-refractivity contribution in [3.05, 3.63) is 18.0 Å². The average molecular weight is 181 g/mol. The summed E-state index contributed by atoms with van der Waals surface area (Å²) in [4.78, 5) is 11.4. The molecule has 0 unspecified atom stereocenters. The van der Waals surface area contributed by atoms with Gasteiger partial charge < -0.3 is 5.32 Å². The first-order valence-electron chi connectivity index (χ1n) is 4.36. The molecule has 0 aliphatic carbocycles. The standard InChI is InChI=1S/C9H15N3O/c1-7(2)4-10-9(13)8-5-11-12(3)6-8/h5-7H,4H2,1-3H3,(H,10,13). The quantitative estimate of drug-likeness (QED) is 0.750. The summed E-state index contributed by atoms with van der Waals surface area (Å²) in [5.41, 5.74) is 0.614. The van der Waals surface area contributed by atoms with E-state index in [1.165, 1.54) is 0 Å². The van der Waals surface area contributed by atoms with Gasteiger partial charge >= 0.3 is 0 Å². The Morgan fingerprint density at radius 2 is 2.38 bits per heavy atom. The van der Waals surface area contributed by atoms with Crippen molar-refractivity contribution in [2.45, 2.75) is 13.8 Å². The van der Waals surface area contributed by atoms with E-state index in [2.05, 4.69) is 24.3 Å². The maximum absolute atomic E-state index is 11.4. The maximum Gasteiger partial charge on any atom is 0.254 e. The fourth-order valence-electron chi connectivity index (χ4n) is 0.937. The molecule has 0 saturated heterocycles. The zero-order valence-electron chi connectivity index (χ0n) is 8.24. The highest BCUT2D eigenvalue weighted by Crippen LogP contribution is 1.96. The van der Waals surface area contributed by atoms with Gasteiger partial charge in [0.2, 0.25) is 0 Å². The van der Waals surface area contributed by atoms with Crippen molar-refractivity contribution < 1.29 is 4.79 Å². The van der Waals surface area contributed by atoms with Gasteiger partial charge in [-0.25, -0.2) is 0 Å². The third-order valence-electron chi connectivity index (χ3n) is 1.64. The molecule has 0 aliphatic rings. The molecule has 1 N–H and O–H groups in total. The average Bonchev–Trinajstić information content (AvgIpc) is 2.47. The molecule has 0 aliphatic heterocycles. The zero-order valence-corrected chi connectivity index (χ0v) is 8.24. The maximum atomic E-state index is 11.4. The van der Waals surface area contributed by atoms with E-state index in [1.807, 2.05) is 0 Å². The predicted molar refractivity (Wildman–Crippen MR) is 50.4 cm³/mol. The second-order valence-corrected chi connectivity index (χ2v) is 3.51. The largest absolute Gasteiger partial charge is 0.352 e. The molecule has 0 atom stereocenters. The van der Waals surface area contributed by atoms with Gasteiger partial charge in [0.25, 0.3) is 5.91 Å². The molecule has 1 amide bonds. The first-order valence-corrected chi connectivity index (χ1v) is 4.36. The molecular formula is C9H15N3O. The van der Waals surface area contributed by atoms with Gasteiger partial charge in [-0.3, -0.25) is 9.48 Å². The van der Waals surface area contributed by atoms with Crippen molar-refractivity contribution in [2.75, 3.05) is 6.54 Å². The van der Waals surface area contributed by atoms with Crippen molar-refractivity contribution in [3.63, 3.8) is 0 Å². The molecule has 0 fully saturated rings. The third kappa shape index (κ3) is 2.89. The molecule has 4 nitrogen and oxygen atoms in total. The van der Waals surface area contributed by atoms with Gasteiger partial charge in [0.1, 0.15) is 0 Å². The van der Waals surface area contributed by atoms with Crippen molar-refractivity contribution in [1.29, 1.82) is 0 Å². The lowest BCUT2D eigenvalue weighted by molar-refractivity contribution is 0.0949. The van der Waals surface area contributed by atoms with Crippen LogP contribution in [-0.4, -0.2) is 22.2 Å². The minimum Gasteiger partial charge on any atom is -0.352 e. The van der Waals surface area contributed by atoms with Crippen molar-refractivity contribution in [3.8, 4) is 0 Å². The van der Waals surface area contributed by atoms with Gasteiger partial charge in [-0.05, 0) is 5.92 Å². The molecule has 0 bridgehead atoms. The monoisotopic (exact) mass is 181 g/mol. The number of nitrogens with one attached hydrogen (secondary N) is 1. The second kappa shape index (κ2) is 4.07. The summed E-state index contributed by atoms with van der Waals surface area (Å²) in [5.74, 6) is 0.419. The molecule has 1 aromatic rings. The summed E-state index contributed by atoms with van der Waals surface area (Å²) < 4.78 is 1.62. The summed E-state index contributed by atoms with van der Waals surface area (Å²) in [5, 5.41) is 6.74. The Hall–Kier alpha value is -1.32. The number of rotatable bonds is 3. The van der Waals surface area contributed by atoms with E-state index in [9.17, 15) is 4.79 Å². The third-order valence-corrected chi connectivity index (χ3v) is 1.64. The Morgan fingerprint density at radius 3 is 2.85 bits per heavy atom. The van der Waals surface area contributed by atoms with Gasteiger partial charge in [-0.15, -0.1) is 0 Å². The van der Waals surface area contributed by atoms with E-state index in [4.69, 9.17) is 0 Å². The first kappa shape index (κ1) is 9.77. The predicted octanol–water partition coefficient (Wildman–Crippen LogP) is 0.806. The minimum absolute atomic E-state index is 0.0539. The van der Waals surface area contributed by atoms with E-state index < -0.39 is 0 Å². The Labute approximate surface area is 77.9 Å². The van der Waals surface area contributed by atoms with Crippen molar-refractivity contribution in [1.82, 2.24) is 15.1 Å². The van der Waals surface area contributed by atoms with Crippen LogP contribution < -0.4 is 5.32 Å². The molecule has 4 heteroatoms. The molecule has 0 radical (unpaired) electrons. The number of amides is 1. The van der Waals surface area contributed by atoms with Crippen LogP contribution in [0.15, 0.2) is 12.4 Å². The topological polar surface area (TPSA) is 46.9 Å². The number of hydrogen-bond acceptors (Lipinski definition) is 2. The van der Waals surface area contributed by atoms with Crippen LogP contribution in [-0.2, 0) is 7.05 Å². The Bertz CT molecular complexity index is 291. The number of aromatic nitrogens is 2. The smallest absolute Gasteiger partial charge is 0.254 e. The fourth-order valence-corrected chi connectivity index (χ4v) is 0.937. The van der Waals surface area contributed by atoms with Crippen molar-refractivity contribution in [2.24, 2.45) is 13.0 Å². The van der Waals surface area contributed by atoms with Crippen molar-refractivity contribution >= 4 is 5.91 Å². The van der Waals surface area contributed by atoms with Crippen LogP contribution in [0.1, 0.15) is 24.2 Å². The molecule has 0 spiro atoms. The van der Waals surface area contributed by atoms with Gasteiger partial charge in [-0.1, -0.05) is 13.8 Å². The highest BCUT2D eigenvalue weighted by Gasteiger charge is 2.06. The van der Waals surface area contributed by atoms with E-state index in [0.717, 1.165) is 0 Å². The normalized spacial score (nSPS) is 10.5. The van der Waals surface area contributed by atoms with Crippen LogP contribution in [0.2, 0.25) is 0 Å².